The Morgan fingerprint density at radius 2 is 0.947 bits per heavy atom. The summed E-state index contributed by atoms with van der Waals surface area (Å²) in [5.41, 5.74) is 10.9. The van der Waals surface area contributed by atoms with Crippen molar-refractivity contribution in [2.75, 3.05) is 4.90 Å². The average Bonchev–Trinajstić information content (AvgIpc) is 3.82. The fourth-order valence-electron chi connectivity index (χ4n) is 9.15. The van der Waals surface area contributed by atoms with Crippen LogP contribution in [0.15, 0.2) is 211 Å². The molecule has 0 aliphatic carbocycles. The summed E-state index contributed by atoms with van der Waals surface area (Å²) in [6.45, 7) is 0. The minimum Gasteiger partial charge on any atom is -0.456 e. The monoisotopic (exact) mass is 726 g/mol. The summed E-state index contributed by atoms with van der Waals surface area (Å²) in [5, 5.41) is 12.3. The number of nitrogens with zero attached hydrogens (tertiary/aromatic N) is 2. The second-order valence-electron chi connectivity index (χ2n) is 14.9. The molecule has 0 N–H and O–H groups in total. The molecule has 12 rings (SSSR count). The second kappa shape index (κ2) is 12.5. The molecule has 0 radical (unpaired) electrons. The molecule has 0 bridgehead atoms. The van der Waals surface area contributed by atoms with Crippen molar-refractivity contribution in [1.82, 2.24) is 4.57 Å². The van der Waals surface area contributed by atoms with Gasteiger partial charge < -0.3 is 13.9 Å². The maximum absolute atomic E-state index is 6.22. The van der Waals surface area contributed by atoms with Crippen LogP contribution in [0.2, 0.25) is 0 Å². The topological polar surface area (TPSA) is 21.3 Å². The van der Waals surface area contributed by atoms with Crippen LogP contribution in [0.1, 0.15) is 0 Å². The number of furan rings is 1. The molecule has 0 saturated carbocycles. The lowest BCUT2D eigenvalue weighted by Crippen LogP contribution is -2.10. The lowest BCUT2D eigenvalue weighted by Gasteiger charge is -2.26. The van der Waals surface area contributed by atoms with Crippen LogP contribution < -0.4 is 4.90 Å². The Morgan fingerprint density at radius 1 is 0.333 bits per heavy atom. The van der Waals surface area contributed by atoms with Crippen molar-refractivity contribution in [1.29, 1.82) is 0 Å². The smallest absolute Gasteiger partial charge is 0.135 e. The van der Waals surface area contributed by atoms with E-state index in [0.29, 0.717) is 0 Å². The van der Waals surface area contributed by atoms with Crippen molar-refractivity contribution < 1.29 is 4.42 Å². The van der Waals surface area contributed by atoms with Crippen LogP contribution in [-0.2, 0) is 0 Å². The third-order valence-corrected chi connectivity index (χ3v) is 11.8. The first-order valence-corrected chi connectivity index (χ1v) is 19.5. The van der Waals surface area contributed by atoms with Gasteiger partial charge in [-0.15, -0.1) is 0 Å². The summed E-state index contributed by atoms with van der Waals surface area (Å²) in [7, 11) is 0. The third-order valence-electron chi connectivity index (χ3n) is 11.8. The minimum absolute atomic E-state index is 0.894. The first kappa shape index (κ1) is 31.7. The number of anilines is 3. The van der Waals surface area contributed by atoms with Gasteiger partial charge in [0, 0.05) is 44.3 Å². The minimum atomic E-state index is 0.894. The van der Waals surface area contributed by atoms with Gasteiger partial charge in [0.1, 0.15) is 11.2 Å². The zero-order valence-electron chi connectivity index (χ0n) is 30.9. The van der Waals surface area contributed by atoms with Gasteiger partial charge in [-0.2, -0.15) is 0 Å². The van der Waals surface area contributed by atoms with Gasteiger partial charge in [-0.25, -0.2) is 0 Å². The molecule has 0 fully saturated rings. The highest BCUT2D eigenvalue weighted by Crippen LogP contribution is 2.42. The van der Waals surface area contributed by atoms with Crippen LogP contribution in [0.4, 0.5) is 17.1 Å². The lowest BCUT2D eigenvalue weighted by atomic mass is 9.92. The average molecular weight is 727 g/mol. The summed E-state index contributed by atoms with van der Waals surface area (Å²) < 4.78 is 8.62. The molecule has 0 spiro atoms. The van der Waals surface area contributed by atoms with Crippen LogP contribution in [0.25, 0.3) is 92.9 Å². The molecule has 12 aromatic rings. The first-order valence-electron chi connectivity index (χ1n) is 19.5. The van der Waals surface area contributed by atoms with Gasteiger partial charge in [0.15, 0.2) is 0 Å². The molecule has 266 valence electrons. The number of fused-ring (bicyclic) bond motifs is 11. The SMILES string of the molecule is c1ccc(N(c2ccc(-c3cccc4c3ccc3c5ccccc5ccc43)cc2)c2ccc3c4ccccc4n(-c4ccc5oc6ccccc6c5c4)c3c2)cc1. The fourth-order valence-corrected chi connectivity index (χ4v) is 9.15. The van der Waals surface area contributed by atoms with Gasteiger partial charge in [0.2, 0.25) is 0 Å². The number of hydrogen-bond donors (Lipinski definition) is 0. The Labute approximate surface area is 328 Å². The van der Waals surface area contributed by atoms with Gasteiger partial charge in [0.05, 0.1) is 11.0 Å². The number of hydrogen-bond acceptors (Lipinski definition) is 2. The molecule has 0 aliphatic rings. The highest BCUT2D eigenvalue weighted by molar-refractivity contribution is 6.19. The number of benzene rings is 10. The standard InChI is InChI=1S/C54H34N2O/c1-2-12-37(13-3-1)55(38-24-21-36(22-25-38)42-17-10-18-43-44(42)30-31-45-41-14-5-4-11-35(41)23-28-46(43)45)40-26-29-48-47-15-6-8-19-51(47)56(52(48)34-40)39-27-32-54-50(33-39)49-16-7-9-20-53(49)57-54/h1-34H. The van der Waals surface area contributed by atoms with E-state index in [2.05, 4.69) is 204 Å². The van der Waals surface area contributed by atoms with Gasteiger partial charge in [-0.05, 0) is 110 Å². The highest BCUT2D eigenvalue weighted by atomic mass is 16.3. The van der Waals surface area contributed by atoms with Crippen molar-refractivity contribution in [3.8, 4) is 16.8 Å². The number of rotatable bonds is 5. The molecular weight excluding hydrogens is 693 g/mol. The predicted octanol–water partition coefficient (Wildman–Crippen LogP) is 15.3. The number of aromatic nitrogens is 1. The highest BCUT2D eigenvalue weighted by Gasteiger charge is 2.19. The van der Waals surface area contributed by atoms with Crippen LogP contribution in [-0.4, -0.2) is 4.57 Å². The summed E-state index contributed by atoms with van der Waals surface area (Å²) in [6.07, 6.45) is 0. The molecule has 10 aromatic carbocycles. The molecule has 0 saturated heterocycles. The third kappa shape index (κ3) is 4.92. The molecule has 2 heterocycles. The van der Waals surface area contributed by atoms with Gasteiger partial charge in [-0.1, -0.05) is 140 Å². The molecule has 3 heteroatoms. The Morgan fingerprint density at radius 3 is 1.84 bits per heavy atom. The molecule has 0 atom stereocenters. The van der Waals surface area contributed by atoms with E-state index in [9.17, 15) is 0 Å². The lowest BCUT2D eigenvalue weighted by molar-refractivity contribution is 0.669. The molecule has 0 unspecified atom stereocenters. The van der Waals surface area contributed by atoms with E-state index < -0.39 is 0 Å². The quantitative estimate of drug-likeness (QED) is 0.165. The first-order chi connectivity index (χ1) is 28.3. The van der Waals surface area contributed by atoms with E-state index in [4.69, 9.17) is 4.42 Å². The molecule has 57 heavy (non-hydrogen) atoms. The Hall–Kier alpha value is -7.62. The van der Waals surface area contributed by atoms with Crippen LogP contribution >= 0.6 is 0 Å². The van der Waals surface area contributed by atoms with E-state index in [-0.39, 0.29) is 0 Å². The van der Waals surface area contributed by atoms with E-state index >= 15 is 0 Å². The molecule has 0 aliphatic heterocycles. The number of para-hydroxylation sites is 3. The van der Waals surface area contributed by atoms with Crippen molar-refractivity contribution in [2.45, 2.75) is 0 Å². The van der Waals surface area contributed by atoms with E-state index in [0.717, 1.165) is 50.2 Å². The van der Waals surface area contributed by atoms with Gasteiger partial charge in [-0.3, -0.25) is 0 Å². The van der Waals surface area contributed by atoms with Crippen molar-refractivity contribution in [2.24, 2.45) is 0 Å². The summed E-state index contributed by atoms with van der Waals surface area (Å²) in [4.78, 5) is 2.36. The fraction of sp³-hybridized carbons (Fsp3) is 0. The van der Waals surface area contributed by atoms with Crippen molar-refractivity contribution >= 4 is 93.1 Å². The van der Waals surface area contributed by atoms with Gasteiger partial charge >= 0.3 is 0 Å². The predicted molar refractivity (Wildman–Crippen MR) is 241 cm³/mol. The van der Waals surface area contributed by atoms with Crippen LogP contribution in [0, 0.1) is 0 Å². The molecule has 3 nitrogen and oxygen atoms in total. The van der Waals surface area contributed by atoms with Crippen molar-refractivity contribution in [3.05, 3.63) is 206 Å². The largest absolute Gasteiger partial charge is 0.456 e. The zero-order valence-corrected chi connectivity index (χ0v) is 30.9. The molecule has 0 amide bonds. The Bertz CT molecular complexity index is 3520. The van der Waals surface area contributed by atoms with Crippen LogP contribution in [0.5, 0.6) is 0 Å². The van der Waals surface area contributed by atoms with E-state index in [1.165, 1.54) is 59.7 Å². The van der Waals surface area contributed by atoms with E-state index in [1.807, 2.05) is 12.1 Å². The Balaban J connectivity index is 1.00. The molecular formula is C54H34N2O. The normalized spacial score (nSPS) is 11.9. The van der Waals surface area contributed by atoms with Gasteiger partial charge in [0.25, 0.3) is 0 Å². The maximum Gasteiger partial charge on any atom is 0.135 e. The molecule has 2 aromatic heterocycles. The van der Waals surface area contributed by atoms with Crippen molar-refractivity contribution in [3.63, 3.8) is 0 Å². The summed E-state index contributed by atoms with van der Waals surface area (Å²) in [5.74, 6) is 0. The Kier molecular flexibility index (Phi) is 6.93. The summed E-state index contributed by atoms with van der Waals surface area (Å²) in [6, 6.07) is 74.6. The second-order valence-corrected chi connectivity index (χ2v) is 14.9. The summed E-state index contributed by atoms with van der Waals surface area (Å²) >= 11 is 0. The van der Waals surface area contributed by atoms with Crippen LogP contribution in [0.3, 0.4) is 0 Å². The van der Waals surface area contributed by atoms with E-state index in [1.54, 1.807) is 0 Å². The maximum atomic E-state index is 6.22. The zero-order chi connectivity index (χ0) is 37.5.